The van der Waals surface area contributed by atoms with E-state index in [1.807, 2.05) is 72.8 Å². The van der Waals surface area contributed by atoms with Crippen molar-refractivity contribution in [3.63, 3.8) is 0 Å². The fraction of sp³-hybridized carbons (Fsp3) is 0.280. The Balaban J connectivity index is 1.19. The quantitative estimate of drug-likeness (QED) is 0.579. The molecule has 0 aliphatic carbocycles. The van der Waals surface area contributed by atoms with Gasteiger partial charge in [0.1, 0.15) is 35.7 Å². The van der Waals surface area contributed by atoms with Gasteiger partial charge in [-0.3, -0.25) is 4.90 Å². The summed E-state index contributed by atoms with van der Waals surface area (Å²) in [6, 6.07) is 24.4. The molecule has 2 N–H and O–H groups in total. The van der Waals surface area contributed by atoms with E-state index in [-0.39, 0.29) is 6.61 Å². The van der Waals surface area contributed by atoms with Gasteiger partial charge in [-0.1, -0.05) is 30.3 Å². The summed E-state index contributed by atoms with van der Waals surface area (Å²) in [5, 5.41) is 20.4. The van der Waals surface area contributed by atoms with Crippen molar-refractivity contribution >= 4 is 5.69 Å². The van der Waals surface area contributed by atoms with Crippen LogP contribution in [0.15, 0.2) is 78.9 Å². The number of β-amino-alcohol motifs (C(OH)–C–C–N with tert-alkyl or cyclic N) is 1. The average molecular weight is 421 g/mol. The molecule has 4 rings (SSSR count). The monoisotopic (exact) mass is 420 g/mol. The van der Waals surface area contributed by atoms with Crippen molar-refractivity contribution in [1.29, 1.82) is 0 Å². The molecule has 6 nitrogen and oxygen atoms in total. The van der Waals surface area contributed by atoms with Crippen LogP contribution < -0.4 is 14.4 Å². The summed E-state index contributed by atoms with van der Waals surface area (Å²) < 4.78 is 11.5. The molecular formula is C25H28N2O4. The van der Waals surface area contributed by atoms with Crippen molar-refractivity contribution in [2.45, 2.75) is 6.10 Å². The second kappa shape index (κ2) is 10.2. The Morgan fingerprint density at radius 2 is 1.35 bits per heavy atom. The highest BCUT2D eigenvalue weighted by atomic mass is 16.5. The van der Waals surface area contributed by atoms with Gasteiger partial charge in [-0.15, -0.1) is 0 Å². The maximum atomic E-state index is 10.4. The van der Waals surface area contributed by atoms with Crippen molar-refractivity contribution in [3.8, 4) is 23.0 Å². The molecule has 31 heavy (non-hydrogen) atoms. The normalized spacial score (nSPS) is 15.5. The number of piperazine rings is 1. The standard InChI is InChI=1S/C25H28N2O4/c28-20(18-26-14-16-27(17-15-26)24-8-4-5-9-25(24)29)19-30-21-10-12-23(13-11-21)31-22-6-2-1-3-7-22/h1-13,20,28-29H,14-19H2/t20-/m1/s1. The molecule has 0 aromatic heterocycles. The number of benzene rings is 3. The molecular weight excluding hydrogens is 392 g/mol. The summed E-state index contributed by atoms with van der Waals surface area (Å²) in [6.45, 7) is 4.08. The fourth-order valence-electron chi connectivity index (χ4n) is 3.67. The third kappa shape index (κ3) is 5.90. The van der Waals surface area contributed by atoms with Gasteiger partial charge in [0.05, 0.1) is 5.69 Å². The molecule has 0 bridgehead atoms. The lowest BCUT2D eigenvalue weighted by Gasteiger charge is -2.37. The highest BCUT2D eigenvalue weighted by Crippen LogP contribution is 2.27. The van der Waals surface area contributed by atoms with Crippen LogP contribution in [0.5, 0.6) is 23.0 Å². The summed E-state index contributed by atoms with van der Waals surface area (Å²) >= 11 is 0. The molecule has 1 aliphatic heterocycles. The molecule has 0 spiro atoms. The van der Waals surface area contributed by atoms with Crippen molar-refractivity contribution in [1.82, 2.24) is 4.90 Å². The summed E-state index contributed by atoms with van der Waals surface area (Å²) in [5.41, 5.74) is 0.866. The van der Waals surface area contributed by atoms with Crippen molar-refractivity contribution in [2.24, 2.45) is 0 Å². The lowest BCUT2D eigenvalue weighted by Crippen LogP contribution is -2.49. The van der Waals surface area contributed by atoms with E-state index >= 15 is 0 Å². The predicted octanol–water partition coefficient (Wildman–Crippen LogP) is 3.75. The van der Waals surface area contributed by atoms with Crippen LogP contribution >= 0.6 is 0 Å². The Hall–Kier alpha value is -3.22. The third-order valence-corrected chi connectivity index (χ3v) is 5.31. The Bertz CT molecular complexity index is 941. The Morgan fingerprint density at radius 3 is 2.06 bits per heavy atom. The smallest absolute Gasteiger partial charge is 0.138 e. The molecule has 0 unspecified atom stereocenters. The molecule has 1 saturated heterocycles. The van der Waals surface area contributed by atoms with Crippen LogP contribution in [-0.2, 0) is 0 Å². The SMILES string of the molecule is Oc1ccccc1N1CCN(C[C@@H](O)COc2ccc(Oc3ccccc3)cc2)CC1. The van der Waals surface area contributed by atoms with Gasteiger partial charge in [-0.25, -0.2) is 0 Å². The molecule has 1 atom stereocenters. The number of rotatable bonds is 8. The number of hydrogen-bond donors (Lipinski definition) is 2. The number of phenolic OH excluding ortho intramolecular Hbond substituents is 1. The summed E-state index contributed by atoms with van der Waals surface area (Å²) in [6.07, 6.45) is -0.572. The first-order valence-corrected chi connectivity index (χ1v) is 10.6. The van der Waals surface area contributed by atoms with Gasteiger partial charge in [-0.05, 0) is 48.5 Å². The number of para-hydroxylation sites is 3. The number of hydrogen-bond acceptors (Lipinski definition) is 6. The minimum Gasteiger partial charge on any atom is -0.506 e. The second-order valence-corrected chi connectivity index (χ2v) is 7.63. The van der Waals surface area contributed by atoms with E-state index in [1.54, 1.807) is 6.07 Å². The van der Waals surface area contributed by atoms with Gasteiger partial charge in [-0.2, -0.15) is 0 Å². The second-order valence-electron chi connectivity index (χ2n) is 7.63. The van der Waals surface area contributed by atoms with Crippen LogP contribution in [-0.4, -0.2) is 60.5 Å². The molecule has 6 heteroatoms. The van der Waals surface area contributed by atoms with Gasteiger partial charge in [0.2, 0.25) is 0 Å². The zero-order valence-corrected chi connectivity index (χ0v) is 17.4. The fourth-order valence-corrected chi connectivity index (χ4v) is 3.67. The summed E-state index contributed by atoms with van der Waals surface area (Å²) in [5.74, 6) is 2.53. The Labute approximate surface area is 182 Å². The van der Waals surface area contributed by atoms with Crippen LogP contribution in [0.1, 0.15) is 0 Å². The van der Waals surface area contributed by atoms with E-state index in [9.17, 15) is 10.2 Å². The first-order valence-electron chi connectivity index (χ1n) is 10.6. The van der Waals surface area contributed by atoms with Crippen LogP contribution in [0.25, 0.3) is 0 Å². The zero-order chi connectivity index (χ0) is 21.5. The Morgan fingerprint density at radius 1 is 0.742 bits per heavy atom. The minimum atomic E-state index is -0.572. The van der Waals surface area contributed by atoms with Crippen LogP contribution in [0.2, 0.25) is 0 Å². The molecule has 1 fully saturated rings. The van der Waals surface area contributed by atoms with Crippen molar-refractivity contribution in [2.75, 3.05) is 44.2 Å². The zero-order valence-electron chi connectivity index (χ0n) is 17.4. The maximum Gasteiger partial charge on any atom is 0.138 e. The van der Waals surface area contributed by atoms with Crippen LogP contribution in [0, 0.1) is 0 Å². The number of aliphatic hydroxyl groups excluding tert-OH is 1. The third-order valence-electron chi connectivity index (χ3n) is 5.31. The molecule has 3 aromatic rings. The van der Waals surface area contributed by atoms with E-state index in [0.29, 0.717) is 18.0 Å². The summed E-state index contributed by atoms with van der Waals surface area (Å²) in [7, 11) is 0. The number of anilines is 1. The number of ether oxygens (including phenoxy) is 2. The maximum absolute atomic E-state index is 10.4. The van der Waals surface area contributed by atoms with Crippen LogP contribution in [0.3, 0.4) is 0 Å². The molecule has 0 radical (unpaired) electrons. The minimum absolute atomic E-state index is 0.235. The molecule has 3 aromatic carbocycles. The first-order chi connectivity index (χ1) is 15.2. The molecule has 0 saturated carbocycles. The number of aromatic hydroxyl groups is 1. The lowest BCUT2D eigenvalue weighted by atomic mass is 10.2. The summed E-state index contributed by atoms with van der Waals surface area (Å²) in [4.78, 5) is 4.40. The van der Waals surface area contributed by atoms with Gasteiger partial charge in [0, 0.05) is 32.7 Å². The van der Waals surface area contributed by atoms with Gasteiger partial charge >= 0.3 is 0 Å². The molecule has 0 amide bonds. The lowest BCUT2D eigenvalue weighted by molar-refractivity contribution is 0.0662. The van der Waals surface area contributed by atoms with Gasteiger partial charge < -0.3 is 24.6 Å². The van der Waals surface area contributed by atoms with Crippen molar-refractivity contribution in [3.05, 3.63) is 78.9 Å². The largest absolute Gasteiger partial charge is 0.506 e. The highest BCUT2D eigenvalue weighted by Gasteiger charge is 2.21. The topological polar surface area (TPSA) is 65.4 Å². The van der Waals surface area contributed by atoms with E-state index in [4.69, 9.17) is 9.47 Å². The highest BCUT2D eigenvalue weighted by molar-refractivity contribution is 5.57. The van der Waals surface area contributed by atoms with Gasteiger partial charge in [0.15, 0.2) is 0 Å². The van der Waals surface area contributed by atoms with E-state index < -0.39 is 6.10 Å². The van der Waals surface area contributed by atoms with Crippen molar-refractivity contribution < 1.29 is 19.7 Å². The van der Waals surface area contributed by atoms with E-state index in [0.717, 1.165) is 43.4 Å². The molecule has 1 heterocycles. The van der Waals surface area contributed by atoms with Gasteiger partial charge in [0.25, 0.3) is 0 Å². The number of phenols is 1. The predicted molar refractivity (Wildman–Crippen MR) is 121 cm³/mol. The first kappa shape index (κ1) is 21.0. The van der Waals surface area contributed by atoms with Crippen LogP contribution in [0.4, 0.5) is 5.69 Å². The average Bonchev–Trinajstić information content (AvgIpc) is 2.80. The Kier molecular flexibility index (Phi) is 6.92. The molecule has 162 valence electrons. The van der Waals surface area contributed by atoms with E-state index in [2.05, 4.69) is 9.80 Å². The van der Waals surface area contributed by atoms with E-state index in [1.165, 1.54) is 0 Å². The number of aliphatic hydroxyl groups is 1. The number of nitrogens with zero attached hydrogens (tertiary/aromatic N) is 2. The molecule has 1 aliphatic rings.